The van der Waals surface area contributed by atoms with E-state index in [-0.39, 0.29) is 10.8 Å². The molecule has 0 saturated carbocycles. The van der Waals surface area contributed by atoms with E-state index >= 15 is 0 Å². The molecular formula is C44H53Hf. The zero-order valence-electron chi connectivity index (χ0n) is 29.3. The first-order valence-corrected chi connectivity index (χ1v) is 34.1. The number of fused-ring (bicyclic) bond motifs is 2. The zero-order chi connectivity index (χ0) is 32.5. The summed E-state index contributed by atoms with van der Waals surface area (Å²) in [6.45, 7) is 16.2. The molecule has 0 bridgehead atoms. The summed E-state index contributed by atoms with van der Waals surface area (Å²) < 4.78 is 11.9. The van der Waals surface area contributed by atoms with Gasteiger partial charge in [0.1, 0.15) is 0 Å². The third-order valence-electron chi connectivity index (χ3n) is 11.6. The van der Waals surface area contributed by atoms with E-state index in [9.17, 15) is 0 Å². The molecule has 2 atom stereocenters. The van der Waals surface area contributed by atoms with Crippen LogP contribution in [0.25, 0.3) is 34.4 Å². The van der Waals surface area contributed by atoms with Crippen LogP contribution >= 0.6 is 0 Å². The SMILES string of the molecule is CC[CH]=[Hf]([CH3])([CH3])([CH3])([CH]1C=Cc2c(-c3cccc(C(C)(C)C)c3)cccc21)[CH]1C=Cc2c(-c3cccc(C(C)(C)C)c3)cccc21. The number of allylic oxidation sites excluding steroid dienone is 2. The van der Waals surface area contributed by atoms with Crippen molar-refractivity contribution in [1.29, 1.82) is 0 Å². The Morgan fingerprint density at radius 2 is 0.978 bits per heavy atom. The van der Waals surface area contributed by atoms with Crippen molar-refractivity contribution < 1.29 is 16.5 Å². The molecule has 2 aliphatic rings. The molecule has 233 valence electrons. The molecule has 2 aliphatic carbocycles. The molecule has 1 heteroatoms. The summed E-state index contributed by atoms with van der Waals surface area (Å²) in [5, 5.41) is 0. The van der Waals surface area contributed by atoms with E-state index in [1.165, 1.54) is 55.6 Å². The van der Waals surface area contributed by atoms with Crippen molar-refractivity contribution >= 4 is 15.9 Å². The Labute approximate surface area is 270 Å². The molecule has 0 spiro atoms. The van der Waals surface area contributed by atoms with Crippen LogP contribution in [0.2, 0.25) is 14.0 Å². The maximum atomic E-state index is 2.84. The first kappa shape index (κ1) is 32.1. The van der Waals surface area contributed by atoms with Crippen LogP contribution in [0.15, 0.2) is 97.1 Å². The molecule has 2 unspecified atom stereocenters. The number of rotatable bonds is 5. The van der Waals surface area contributed by atoms with Gasteiger partial charge in [-0.15, -0.1) is 0 Å². The third-order valence-corrected chi connectivity index (χ3v) is 41.3. The molecule has 0 aliphatic heterocycles. The van der Waals surface area contributed by atoms with Crippen molar-refractivity contribution in [3.05, 3.63) is 130 Å². The first-order chi connectivity index (χ1) is 21.0. The summed E-state index contributed by atoms with van der Waals surface area (Å²) in [5.74, 6) is 0. The second-order valence-electron chi connectivity index (χ2n) is 18.2. The molecule has 0 heterocycles. The first-order valence-electron chi connectivity index (χ1n) is 17.1. The minimum absolute atomic E-state index is 0.119. The molecule has 4 aromatic carbocycles. The number of hydrogen-bond donors (Lipinski definition) is 0. The summed E-state index contributed by atoms with van der Waals surface area (Å²) in [6, 6.07) is 32.6. The Hall–Kier alpha value is -2.90. The Bertz CT molecular complexity index is 1830. The average Bonchev–Trinajstić information content (AvgIpc) is 3.63. The molecule has 0 saturated heterocycles. The van der Waals surface area contributed by atoms with Crippen LogP contribution in [0.5, 0.6) is 0 Å². The van der Waals surface area contributed by atoms with Crippen LogP contribution in [-0.4, -0.2) is 3.76 Å². The van der Waals surface area contributed by atoms with Crippen molar-refractivity contribution in [3.8, 4) is 22.3 Å². The van der Waals surface area contributed by atoms with E-state index in [0.29, 0.717) is 7.35 Å². The number of benzene rings is 4. The third kappa shape index (κ3) is 5.28. The van der Waals surface area contributed by atoms with Crippen LogP contribution in [0.1, 0.15) is 95.6 Å². The maximum absolute atomic E-state index is 4.49. The molecule has 4 aromatic rings. The Balaban J connectivity index is 1.50. The van der Waals surface area contributed by atoms with Crippen molar-refractivity contribution in [2.24, 2.45) is 0 Å². The van der Waals surface area contributed by atoms with Crippen LogP contribution in [0.4, 0.5) is 0 Å². The quantitative estimate of drug-likeness (QED) is 0.178. The van der Waals surface area contributed by atoms with Gasteiger partial charge in [0.25, 0.3) is 0 Å². The van der Waals surface area contributed by atoms with Gasteiger partial charge in [-0.1, -0.05) is 0 Å². The van der Waals surface area contributed by atoms with Gasteiger partial charge in [0.15, 0.2) is 0 Å². The van der Waals surface area contributed by atoms with E-state index < -0.39 is 16.5 Å². The minimum atomic E-state index is -4.49. The van der Waals surface area contributed by atoms with Gasteiger partial charge in [-0.3, -0.25) is 0 Å². The van der Waals surface area contributed by atoms with Gasteiger partial charge in [-0.25, -0.2) is 0 Å². The molecule has 0 nitrogen and oxygen atoms in total. The van der Waals surface area contributed by atoms with Gasteiger partial charge in [-0.05, 0) is 0 Å². The average molecular weight is 760 g/mol. The Morgan fingerprint density at radius 3 is 1.36 bits per heavy atom. The monoisotopic (exact) mass is 761 g/mol. The van der Waals surface area contributed by atoms with E-state index in [1.807, 2.05) is 0 Å². The summed E-state index contributed by atoms with van der Waals surface area (Å²) in [4.78, 5) is 0. The molecule has 0 fully saturated rings. The second kappa shape index (κ2) is 10.3. The second-order valence-corrected chi connectivity index (χ2v) is 57.1. The molecule has 0 aromatic heterocycles. The fourth-order valence-corrected chi connectivity index (χ4v) is 35.7. The molecule has 0 N–H and O–H groups in total. The van der Waals surface area contributed by atoms with E-state index in [1.54, 1.807) is 0 Å². The van der Waals surface area contributed by atoms with Crippen LogP contribution in [-0.2, 0) is 27.4 Å². The van der Waals surface area contributed by atoms with E-state index in [0.717, 1.165) is 6.42 Å². The molecule has 6 rings (SSSR count). The van der Waals surface area contributed by atoms with Gasteiger partial charge >= 0.3 is 272 Å². The van der Waals surface area contributed by atoms with Gasteiger partial charge in [0.2, 0.25) is 0 Å². The summed E-state index contributed by atoms with van der Waals surface area (Å²) in [7, 11) is 0. The summed E-state index contributed by atoms with van der Waals surface area (Å²) in [6.07, 6.45) is 11.2. The Kier molecular flexibility index (Phi) is 7.34. The normalized spacial score (nSPS) is 19.2. The van der Waals surface area contributed by atoms with Crippen molar-refractivity contribution in [2.45, 2.75) is 87.1 Å². The van der Waals surface area contributed by atoms with Gasteiger partial charge in [0, 0.05) is 0 Å². The molecule has 0 amide bonds. The fraction of sp³-hybridized carbons (Fsp3) is 0.341. The predicted molar refractivity (Wildman–Crippen MR) is 199 cm³/mol. The van der Waals surface area contributed by atoms with Crippen LogP contribution in [0.3, 0.4) is 0 Å². The van der Waals surface area contributed by atoms with Gasteiger partial charge < -0.3 is 0 Å². The Morgan fingerprint density at radius 1 is 0.578 bits per heavy atom. The topological polar surface area (TPSA) is 0 Å². The number of hydrogen-bond acceptors (Lipinski definition) is 0. The molecule has 45 heavy (non-hydrogen) atoms. The van der Waals surface area contributed by atoms with E-state index in [4.69, 9.17) is 0 Å². The molecule has 0 radical (unpaired) electrons. The zero-order valence-corrected chi connectivity index (χ0v) is 32.9. The van der Waals surface area contributed by atoms with Crippen LogP contribution < -0.4 is 0 Å². The summed E-state index contributed by atoms with van der Waals surface area (Å²) >= 11 is -4.49. The van der Waals surface area contributed by atoms with Crippen molar-refractivity contribution in [2.75, 3.05) is 0 Å². The van der Waals surface area contributed by atoms with Crippen molar-refractivity contribution in [3.63, 3.8) is 0 Å². The standard InChI is InChI=1S/2C19H19.C3H6.3CH3.Hf/c2*1-19(2,3)16-10-4-9-15(13-16)18-12-6-8-14-7-5-11-17(14)18;1-3-2;;;;/h2*4-13H,1-3H3;1H,3H2,2H3;3*1H3;. The summed E-state index contributed by atoms with van der Waals surface area (Å²) in [5.41, 5.74) is 14.2. The van der Waals surface area contributed by atoms with Crippen LogP contribution in [0, 0.1) is 0 Å². The fourth-order valence-electron chi connectivity index (χ4n) is 8.87. The van der Waals surface area contributed by atoms with Crippen molar-refractivity contribution in [1.82, 2.24) is 0 Å². The van der Waals surface area contributed by atoms with E-state index in [2.05, 4.69) is 175 Å². The van der Waals surface area contributed by atoms with Gasteiger partial charge in [0.05, 0.1) is 0 Å². The predicted octanol–water partition coefficient (Wildman–Crippen LogP) is 13.0. The van der Waals surface area contributed by atoms with Gasteiger partial charge in [-0.2, -0.15) is 0 Å². The molecular weight excluding hydrogens is 707 g/mol.